The molecule has 0 amide bonds. The van der Waals surface area contributed by atoms with Crippen molar-refractivity contribution in [2.45, 2.75) is 52.8 Å². The molecule has 0 saturated heterocycles. The lowest BCUT2D eigenvalue weighted by atomic mass is 9.73. The topological polar surface area (TPSA) is 85.9 Å². The molecule has 2 atom stereocenters. The summed E-state index contributed by atoms with van der Waals surface area (Å²) in [6.45, 7) is 7.51. The molecule has 2 heterocycles. The van der Waals surface area contributed by atoms with Crippen molar-refractivity contribution in [1.82, 2.24) is 0 Å². The van der Waals surface area contributed by atoms with Crippen molar-refractivity contribution in [3.8, 4) is 0 Å². The van der Waals surface area contributed by atoms with Gasteiger partial charge in [-0.25, -0.2) is 0 Å². The Labute approximate surface area is 181 Å². The van der Waals surface area contributed by atoms with Crippen molar-refractivity contribution in [3.05, 3.63) is 57.1 Å². The number of nitrogens with zero attached hydrogens (tertiary/aromatic N) is 1. The second-order valence-corrected chi connectivity index (χ2v) is 7.97. The fourth-order valence-corrected chi connectivity index (χ4v) is 3.99. The Morgan fingerprint density at radius 1 is 1.16 bits per heavy atom. The Morgan fingerprint density at radius 3 is 2.41 bits per heavy atom. The van der Waals surface area contributed by atoms with Crippen LogP contribution in [0.25, 0.3) is 11.0 Å². The number of allylic oxidation sites excluding steroid dienone is 2. The average molecular weight is 449 g/mol. The van der Waals surface area contributed by atoms with Crippen LogP contribution in [0.3, 0.4) is 0 Å². The van der Waals surface area contributed by atoms with E-state index < -0.39 is 46.9 Å². The van der Waals surface area contributed by atoms with Gasteiger partial charge in [0.15, 0.2) is 5.43 Å². The smallest absolute Gasteiger partial charge is 0.454 e. The van der Waals surface area contributed by atoms with Gasteiger partial charge in [-0.15, -0.1) is 0 Å². The zero-order valence-electron chi connectivity index (χ0n) is 18.2. The fourth-order valence-electron chi connectivity index (χ4n) is 3.99. The van der Waals surface area contributed by atoms with E-state index in [9.17, 15) is 27.6 Å². The van der Waals surface area contributed by atoms with Crippen molar-refractivity contribution >= 4 is 28.4 Å². The molecule has 32 heavy (non-hydrogen) atoms. The highest BCUT2D eigenvalue weighted by atomic mass is 19.4. The van der Waals surface area contributed by atoms with Crippen molar-refractivity contribution in [1.29, 1.82) is 0 Å². The number of hydrogen-bond acceptors (Lipinski definition) is 6. The number of rotatable bonds is 4. The van der Waals surface area contributed by atoms with Gasteiger partial charge in [-0.1, -0.05) is 12.1 Å². The summed E-state index contributed by atoms with van der Waals surface area (Å²) < 4.78 is 51.7. The summed E-state index contributed by atoms with van der Waals surface area (Å²) in [5.74, 6) is -5.40. The molecular formula is C23H22F3NO5. The van der Waals surface area contributed by atoms with E-state index >= 15 is 0 Å². The maximum atomic E-state index is 13.6. The molecule has 1 aromatic carbocycles. The minimum Gasteiger partial charge on any atom is -0.462 e. The first-order valence-corrected chi connectivity index (χ1v) is 9.94. The first-order valence-electron chi connectivity index (χ1n) is 9.94. The monoisotopic (exact) mass is 449 g/mol. The van der Waals surface area contributed by atoms with Gasteiger partial charge >= 0.3 is 12.1 Å². The molecule has 1 aromatic heterocycles. The van der Waals surface area contributed by atoms with Crippen LogP contribution < -0.4 is 5.43 Å². The number of hydrogen-bond donors (Lipinski definition) is 0. The number of benzene rings is 1. The first-order chi connectivity index (χ1) is 14.8. The van der Waals surface area contributed by atoms with Crippen LogP contribution in [0.1, 0.15) is 44.9 Å². The fraction of sp³-hybridized carbons (Fsp3) is 0.391. The van der Waals surface area contributed by atoms with Gasteiger partial charge in [-0.3, -0.25) is 19.4 Å². The molecule has 9 heteroatoms. The molecule has 2 aromatic rings. The number of alkyl halides is 3. The number of fused-ring (bicyclic) bond motifs is 1. The van der Waals surface area contributed by atoms with E-state index in [0.29, 0.717) is 0 Å². The van der Waals surface area contributed by atoms with Crippen LogP contribution in [0, 0.1) is 12.8 Å². The summed E-state index contributed by atoms with van der Waals surface area (Å²) in [4.78, 5) is 42.0. The second-order valence-electron chi connectivity index (χ2n) is 7.97. The van der Waals surface area contributed by atoms with Crippen LogP contribution >= 0.6 is 0 Å². The number of esters is 1. The number of halogens is 3. The van der Waals surface area contributed by atoms with E-state index in [1.165, 1.54) is 45.0 Å². The Kier molecular flexibility index (Phi) is 6.13. The maximum absolute atomic E-state index is 13.6. The third-order valence-corrected chi connectivity index (χ3v) is 5.18. The number of Topliss-reactive ketones (excluding diaryl/α,β-unsaturated/α-hetero) is 1. The number of carbonyl (C=O) groups is 2. The quantitative estimate of drug-likeness (QED) is 0.635. The van der Waals surface area contributed by atoms with Crippen molar-refractivity contribution in [2.75, 3.05) is 0 Å². The number of para-hydroxylation sites is 1. The van der Waals surface area contributed by atoms with E-state index in [-0.39, 0.29) is 33.7 Å². The predicted molar refractivity (Wildman–Crippen MR) is 112 cm³/mol. The van der Waals surface area contributed by atoms with E-state index in [2.05, 4.69) is 4.99 Å². The molecule has 0 N–H and O–H groups in total. The van der Waals surface area contributed by atoms with Crippen molar-refractivity contribution in [3.63, 3.8) is 0 Å². The van der Waals surface area contributed by atoms with Gasteiger partial charge in [-0.05, 0) is 40.7 Å². The van der Waals surface area contributed by atoms with E-state index in [0.717, 1.165) is 0 Å². The summed E-state index contributed by atoms with van der Waals surface area (Å²) in [5.41, 5.74) is -0.905. The normalized spacial score (nSPS) is 19.3. The van der Waals surface area contributed by atoms with Crippen LogP contribution in [0.2, 0.25) is 0 Å². The van der Waals surface area contributed by atoms with Crippen LogP contribution in [-0.2, 0) is 14.3 Å². The molecule has 0 saturated carbocycles. The molecule has 0 fully saturated rings. The minimum atomic E-state index is -5.19. The molecule has 6 nitrogen and oxygen atoms in total. The predicted octanol–water partition coefficient (Wildman–Crippen LogP) is 4.63. The van der Waals surface area contributed by atoms with Gasteiger partial charge in [0.05, 0.1) is 11.5 Å². The Balaban J connectivity index is 2.38. The minimum absolute atomic E-state index is 0.0137. The van der Waals surface area contributed by atoms with E-state index in [4.69, 9.17) is 9.15 Å². The Morgan fingerprint density at radius 2 is 1.81 bits per heavy atom. The molecular weight excluding hydrogens is 427 g/mol. The highest BCUT2D eigenvalue weighted by Gasteiger charge is 2.50. The maximum Gasteiger partial charge on any atom is 0.454 e. The summed E-state index contributed by atoms with van der Waals surface area (Å²) in [7, 11) is 0. The van der Waals surface area contributed by atoms with Gasteiger partial charge in [0.25, 0.3) is 5.78 Å². The molecule has 170 valence electrons. The number of aryl methyl sites for hydroxylation is 1. The SMILES string of the molecule is CC1=NC(C)=C(C(=O)C(F)(F)F)C(c2cccc3c(=O)cc(C)oc23)C1C(=O)OC(C)C. The third kappa shape index (κ3) is 4.24. The Bertz CT molecular complexity index is 1220. The Hall–Kier alpha value is -3.23. The molecule has 1 aliphatic heterocycles. The van der Waals surface area contributed by atoms with Gasteiger partial charge < -0.3 is 9.15 Å². The van der Waals surface area contributed by atoms with E-state index in [1.54, 1.807) is 13.8 Å². The van der Waals surface area contributed by atoms with Crippen LogP contribution in [0.15, 0.2) is 49.7 Å². The standard InChI is InChI=1S/C23H22F3NO5/c1-10(2)31-22(30)18-13(5)27-12(4)17(21(29)23(24,25)26)19(18)15-8-6-7-14-16(28)9-11(3)32-20(14)15/h6-10,18-19H,1-5H3. The lowest BCUT2D eigenvalue weighted by Crippen LogP contribution is -2.39. The average Bonchev–Trinajstić information content (AvgIpc) is 2.65. The summed E-state index contributed by atoms with van der Waals surface area (Å²) >= 11 is 0. The van der Waals surface area contributed by atoms with Gasteiger partial charge in [0.2, 0.25) is 0 Å². The van der Waals surface area contributed by atoms with Gasteiger partial charge in [0, 0.05) is 34.5 Å². The summed E-state index contributed by atoms with van der Waals surface area (Å²) in [6.07, 6.45) is -5.74. The highest BCUT2D eigenvalue weighted by molar-refractivity contribution is 6.10. The van der Waals surface area contributed by atoms with Crippen molar-refractivity contribution < 1.29 is 31.9 Å². The number of aliphatic imine (C=N–C) groups is 1. The summed E-state index contributed by atoms with van der Waals surface area (Å²) in [6, 6.07) is 5.64. The zero-order valence-corrected chi connectivity index (χ0v) is 18.2. The molecule has 0 bridgehead atoms. The largest absolute Gasteiger partial charge is 0.462 e. The van der Waals surface area contributed by atoms with Crippen LogP contribution in [0.4, 0.5) is 13.2 Å². The zero-order chi connectivity index (χ0) is 24.0. The third-order valence-electron chi connectivity index (χ3n) is 5.18. The number of carbonyl (C=O) groups excluding carboxylic acids is 2. The molecule has 0 spiro atoms. The van der Waals surface area contributed by atoms with Crippen molar-refractivity contribution in [2.24, 2.45) is 10.9 Å². The van der Waals surface area contributed by atoms with Crippen LogP contribution in [-0.4, -0.2) is 29.7 Å². The second kappa shape index (κ2) is 8.37. The molecule has 2 unspecified atom stereocenters. The first kappa shape index (κ1) is 23.4. The number of ketones is 1. The molecule has 1 aliphatic rings. The lowest BCUT2D eigenvalue weighted by molar-refractivity contribution is -0.167. The van der Waals surface area contributed by atoms with Gasteiger partial charge in [0.1, 0.15) is 17.3 Å². The molecule has 0 radical (unpaired) electrons. The highest BCUT2D eigenvalue weighted by Crippen LogP contribution is 2.44. The number of ether oxygens (including phenoxy) is 1. The van der Waals surface area contributed by atoms with Crippen LogP contribution in [0.5, 0.6) is 0 Å². The van der Waals surface area contributed by atoms with E-state index in [1.807, 2.05) is 0 Å². The van der Waals surface area contributed by atoms with Gasteiger partial charge in [-0.2, -0.15) is 13.2 Å². The molecule has 0 aliphatic carbocycles. The lowest BCUT2D eigenvalue weighted by Gasteiger charge is -2.32. The molecule has 3 rings (SSSR count). The summed E-state index contributed by atoms with van der Waals surface area (Å²) in [5, 5.41) is 0.126.